The van der Waals surface area contributed by atoms with Crippen molar-refractivity contribution in [3.63, 3.8) is 0 Å². The van der Waals surface area contributed by atoms with Gasteiger partial charge >= 0.3 is 0 Å². The van der Waals surface area contributed by atoms with Gasteiger partial charge in [-0.2, -0.15) is 0 Å². The van der Waals surface area contributed by atoms with Crippen LogP contribution in [0.3, 0.4) is 0 Å². The number of fused-ring (bicyclic) bond motifs is 1. The minimum absolute atomic E-state index is 0.00970. The van der Waals surface area contributed by atoms with Gasteiger partial charge in [0, 0.05) is 43.8 Å². The summed E-state index contributed by atoms with van der Waals surface area (Å²) in [4.78, 5) is 42.5. The molecule has 0 bridgehead atoms. The van der Waals surface area contributed by atoms with Crippen LogP contribution in [0.1, 0.15) is 29.6 Å². The molecule has 0 unspecified atom stereocenters. The minimum Gasteiger partial charge on any atom is -0.351 e. The van der Waals surface area contributed by atoms with Crippen LogP contribution < -0.4 is 10.9 Å². The first-order valence-electron chi connectivity index (χ1n) is 7.17. The molecule has 2 amide bonds. The third-order valence-electron chi connectivity index (χ3n) is 3.67. The van der Waals surface area contributed by atoms with Gasteiger partial charge in [0.25, 0.3) is 11.5 Å². The van der Waals surface area contributed by atoms with Crippen molar-refractivity contribution in [3.8, 4) is 0 Å². The first-order valence-corrected chi connectivity index (χ1v) is 8.05. The summed E-state index contributed by atoms with van der Waals surface area (Å²) < 4.78 is 1.34. The summed E-state index contributed by atoms with van der Waals surface area (Å²) >= 11 is 1.33. The smallest absolute Gasteiger partial charge is 0.271 e. The summed E-state index contributed by atoms with van der Waals surface area (Å²) in [6.07, 6.45) is 5.21. The highest BCUT2D eigenvalue weighted by Gasteiger charge is 2.18. The van der Waals surface area contributed by atoms with Gasteiger partial charge in [-0.3, -0.25) is 18.8 Å². The molecule has 1 saturated heterocycles. The van der Waals surface area contributed by atoms with Crippen LogP contribution in [-0.2, 0) is 4.79 Å². The minimum atomic E-state index is -0.493. The molecule has 3 rings (SSSR count). The lowest BCUT2D eigenvalue weighted by Gasteiger charge is -2.15. The van der Waals surface area contributed by atoms with Crippen molar-refractivity contribution >= 4 is 28.1 Å². The fourth-order valence-electron chi connectivity index (χ4n) is 2.48. The Kier molecular flexibility index (Phi) is 4.19. The van der Waals surface area contributed by atoms with Crippen LogP contribution in [0.4, 0.5) is 0 Å². The highest BCUT2D eigenvalue weighted by atomic mass is 32.1. The van der Waals surface area contributed by atoms with Gasteiger partial charge in [-0.25, -0.2) is 4.98 Å². The van der Waals surface area contributed by atoms with Gasteiger partial charge in [-0.1, -0.05) is 0 Å². The predicted octanol–water partition coefficient (Wildman–Crippen LogP) is 0.498. The maximum absolute atomic E-state index is 12.1. The van der Waals surface area contributed by atoms with E-state index < -0.39 is 11.5 Å². The molecule has 0 radical (unpaired) electrons. The van der Waals surface area contributed by atoms with Crippen molar-refractivity contribution < 1.29 is 9.59 Å². The highest BCUT2D eigenvalue weighted by molar-refractivity contribution is 7.15. The Bertz CT molecular complexity index is 761. The van der Waals surface area contributed by atoms with Crippen LogP contribution in [0.5, 0.6) is 0 Å². The van der Waals surface area contributed by atoms with E-state index in [0.717, 1.165) is 25.9 Å². The van der Waals surface area contributed by atoms with Crippen LogP contribution in [0.25, 0.3) is 4.96 Å². The molecule has 116 valence electrons. The Morgan fingerprint density at radius 2 is 2.09 bits per heavy atom. The zero-order valence-corrected chi connectivity index (χ0v) is 12.8. The summed E-state index contributed by atoms with van der Waals surface area (Å²) in [5.41, 5.74) is -0.404. The molecule has 1 aliphatic heterocycles. The lowest BCUT2D eigenvalue weighted by atomic mass is 10.3. The summed E-state index contributed by atoms with van der Waals surface area (Å²) in [6.45, 7) is 1.82. The third-order valence-corrected chi connectivity index (χ3v) is 4.44. The average Bonchev–Trinajstić information content (AvgIpc) is 3.19. The topological polar surface area (TPSA) is 83.8 Å². The first kappa shape index (κ1) is 14.7. The quantitative estimate of drug-likeness (QED) is 0.889. The second kappa shape index (κ2) is 6.27. The number of hydrogen-bond donors (Lipinski definition) is 1. The molecule has 22 heavy (non-hydrogen) atoms. The molecule has 1 fully saturated rings. The van der Waals surface area contributed by atoms with E-state index in [1.807, 2.05) is 0 Å². The van der Waals surface area contributed by atoms with Gasteiger partial charge in [0.15, 0.2) is 4.96 Å². The van der Waals surface area contributed by atoms with Crippen molar-refractivity contribution in [2.75, 3.05) is 19.6 Å². The van der Waals surface area contributed by atoms with Crippen LogP contribution in [-0.4, -0.2) is 45.7 Å². The molecule has 3 heterocycles. The highest BCUT2D eigenvalue weighted by Crippen LogP contribution is 2.08. The fourth-order valence-corrected chi connectivity index (χ4v) is 3.16. The average molecular weight is 320 g/mol. The zero-order valence-electron chi connectivity index (χ0n) is 11.9. The Balaban J connectivity index is 1.60. The number of carbonyl (C=O) groups excluding carboxylic acids is 2. The van der Waals surface area contributed by atoms with E-state index in [2.05, 4.69) is 10.3 Å². The number of carbonyl (C=O) groups is 2. The van der Waals surface area contributed by atoms with Gasteiger partial charge in [0.05, 0.1) is 0 Å². The predicted molar refractivity (Wildman–Crippen MR) is 82.1 cm³/mol. The molecule has 0 aromatic carbocycles. The third kappa shape index (κ3) is 2.87. The second-order valence-electron chi connectivity index (χ2n) is 5.13. The van der Waals surface area contributed by atoms with E-state index >= 15 is 0 Å². The molecule has 1 aliphatic rings. The monoisotopic (exact) mass is 320 g/mol. The largest absolute Gasteiger partial charge is 0.351 e. The molecule has 8 heteroatoms. The van der Waals surface area contributed by atoms with Crippen molar-refractivity contribution in [1.82, 2.24) is 19.6 Å². The summed E-state index contributed by atoms with van der Waals surface area (Å²) in [5, 5.41) is 4.35. The molecular formula is C14H16N4O3S. The molecule has 0 spiro atoms. The number of nitrogens with one attached hydrogen (secondary N) is 1. The summed E-state index contributed by atoms with van der Waals surface area (Å²) in [6, 6.07) is 0. The number of hydrogen-bond acceptors (Lipinski definition) is 5. The lowest BCUT2D eigenvalue weighted by Crippen LogP contribution is -2.35. The van der Waals surface area contributed by atoms with E-state index in [-0.39, 0.29) is 24.4 Å². The molecule has 7 nitrogen and oxygen atoms in total. The Morgan fingerprint density at radius 3 is 2.86 bits per heavy atom. The van der Waals surface area contributed by atoms with Gasteiger partial charge in [0.1, 0.15) is 5.56 Å². The number of rotatable bonds is 4. The molecule has 0 saturated carbocycles. The van der Waals surface area contributed by atoms with Crippen LogP contribution in [0.2, 0.25) is 0 Å². The van der Waals surface area contributed by atoms with E-state index in [9.17, 15) is 14.4 Å². The number of aromatic nitrogens is 2. The second-order valence-corrected chi connectivity index (χ2v) is 6.00. The summed E-state index contributed by atoms with van der Waals surface area (Å²) in [5.74, 6) is -0.451. The van der Waals surface area contributed by atoms with Crippen LogP contribution >= 0.6 is 11.3 Å². The SMILES string of the molecule is O=C(NCCC(=O)N1CCCC1)c1cnc2sccn2c1=O. The van der Waals surface area contributed by atoms with Crippen LogP contribution in [0.15, 0.2) is 22.6 Å². The van der Waals surface area contributed by atoms with Gasteiger partial charge in [-0.05, 0) is 12.8 Å². The normalized spacial score (nSPS) is 14.5. The van der Waals surface area contributed by atoms with E-state index in [1.54, 1.807) is 16.5 Å². The Hall–Kier alpha value is -2.22. The molecule has 2 aromatic heterocycles. The van der Waals surface area contributed by atoms with Crippen molar-refractivity contribution in [2.45, 2.75) is 19.3 Å². The fraction of sp³-hybridized carbons (Fsp3) is 0.429. The van der Waals surface area contributed by atoms with Crippen molar-refractivity contribution in [3.05, 3.63) is 33.7 Å². The number of likely N-dealkylation sites (tertiary alicyclic amines) is 1. The maximum Gasteiger partial charge on any atom is 0.271 e. The van der Waals surface area contributed by atoms with Gasteiger partial charge < -0.3 is 10.2 Å². The lowest BCUT2D eigenvalue weighted by molar-refractivity contribution is -0.129. The maximum atomic E-state index is 12.1. The van der Waals surface area contributed by atoms with Crippen molar-refractivity contribution in [1.29, 1.82) is 0 Å². The Labute approximate surface area is 130 Å². The van der Waals surface area contributed by atoms with E-state index in [4.69, 9.17) is 0 Å². The first-order chi connectivity index (χ1) is 10.7. The zero-order chi connectivity index (χ0) is 15.5. The van der Waals surface area contributed by atoms with E-state index in [0.29, 0.717) is 4.96 Å². The molecule has 0 atom stereocenters. The van der Waals surface area contributed by atoms with Gasteiger partial charge in [-0.15, -0.1) is 11.3 Å². The Morgan fingerprint density at radius 1 is 1.32 bits per heavy atom. The molecule has 0 aliphatic carbocycles. The van der Waals surface area contributed by atoms with E-state index in [1.165, 1.54) is 21.9 Å². The number of thiazole rings is 1. The molecular weight excluding hydrogens is 304 g/mol. The standard InChI is InChI=1S/C14H16N4O3S/c19-11(17-5-1-2-6-17)3-4-15-12(20)10-9-16-14-18(13(10)21)7-8-22-14/h7-9H,1-6H2,(H,15,20). The van der Waals surface area contributed by atoms with Gasteiger partial charge in [0.2, 0.25) is 5.91 Å². The van der Waals surface area contributed by atoms with Crippen LogP contribution in [0, 0.1) is 0 Å². The summed E-state index contributed by atoms with van der Waals surface area (Å²) in [7, 11) is 0. The molecule has 2 aromatic rings. The molecule has 1 N–H and O–H groups in total. The van der Waals surface area contributed by atoms with Crippen molar-refractivity contribution in [2.24, 2.45) is 0 Å². The number of amides is 2. The number of nitrogens with zero attached hydrogens (tertiary/aromatic N) is 3.